The molecule has 1 aliphatic heterocycles. The van der Waals surface area contributed by atoms with Gasteiger partial charge in [0.25, 0.3) is 10.1 Å². The Morgan fingerprint density at radius 1 is 0.692 bits per heavy atom. The lowest BCUT2D eigenvalue weighted by Crippen LogP contribution is -2.49. The van der Waals surface area contributed by atoms with Crippen LogP contribution in [0.5, 0.6) is 0 Å². The molecule has 2 fully saturated rings. The van der Waals surface area contributed by atoms with Gasteiger partial charge in [0.15, 0.2) is 11.0 Å². The first kappa shape index (κ1) is 32.2. The molecular formula is C21H32N4O13S. The van der Waals surface area contributed by atoms with E-state index in [2.05, 4.69) is 0 Å². The quantitative estimate of drug-likeness (QED) is 0.110. The van der Waals surface area contributed by atoms with Crippen molar-refractivity contribution in [3.63, 3.8) is 0 Å². The van der Waals surface area contributed by atoms with Crippen LogP contribution in [0.15, 0.2) is 0 Å². The summed E-state index contributed by atoms with van der Waals surface area (Å²) < 4.78 is 36.7. The zero-order valence-electron chi connectivity index (χ0n) is 21.0. The summed E-state index contributed by atoms with van der Waals surface area (Å²) in [6.07, 6.45) is -2.81. The fourth-order valence-corrected chi connectivity index (χ4v) is 5.02. The van der Waals surface area contributed by atoms with Crippen LogP contribution in [0.2, 0.25) is 0 Å². The third kappa shape index (κ3) is 10.9. The summed E-state index contributed by atoms with van der Waals surface area (Å²) in [6, 6.07) is 0. The predicted molar refractivity (Wildman–Crippen MR) is 129 cm³/mol. The highest BCUT2D eigenvalue weighted by Crippen LogP contribution is 2.21. The number of carbonyl (C=O) groups is 6. The number of carboxylic acids is 3. The van der Waals surface area contributed by atoms with E-state index in [1.54, 1.807) is 4.90 Å². The van der Waals surface area contributed by atoms with E-state index in [1.165, 1.54) is 14.7 Å². The predicted octanol–water partition coefficient (Wildman–Crippen LogP) is -3.83. The lowest BCUT2D eigenvalue weighted by molar-refractivity contribution is -0.158. The molecule has 0 bridgehead atoms. The molecule has 2 unspecified atom stereocenters. The summed E-state index contributed by atoms with van der Waals surface area (Å²) >= 11 is 0. The van der Waals surface area contributed by atoms with E-state index in [4.69, 9.17) is 9.29 Å². The third-order valence-electron chi connectivity index (χ3n) is 6.22. The second-order valence-corrected chi connectivity index (χ2v) is 10.8. The molecule has 0 aromatic heterocycles. The van der Waals surface area contributed by atoms with E-state index in [0.29, 0.717) is 0 Å². The van der Waals surface area contributed by atoms with E-state index >= 15 is 0 Å². The van der Waals surface area contributed by atoms with E-state index < -0.39 is 69.9 Å². The maximum atomic E-state index is 12.6. The van der Waals surface area contributed by atoms with Gasteiger partial charge in [0.2, 0.25) is 11.9 Å². The second-order valence-electron chi connectivity index (χ2n) is 9.23. The van der Waals surface area contributed by atoms with Gasteiger partial charge in [0.05, 0.1) is 26.2 Å². The molecule has 39 heavy (non-hydrogen) atoms. The zero-order chi connectivity index (χ0) is 29.3. The van der Waals surface area contributed by atoms with Crippen LogP contribution in [-0.4, -0.2) is 173 Å². The van der Waals surface area contributed by atoms with Crippen LogP contribution in [0.1, 0.15) is 6.42 Å². The zero-order valence-corrected chi connectivity index (χ0v) is 21.8. The highest BCUT2D eigenvalue weighted by molar-refractivity contribution is 7.87. The fourth-order valence-electron chi connectivity index (χ4n) is 4.23. The minimum Gasteiger partial charge on any atom is -0.480 e. The Balaban J connectivity index is 2.15. The first-order valence-electron chi connectivity index (χ1n) is 11.9. The number of hydrogen-bond donors (Lipinski definition) is 4. The van der Waals surface area contributed by atoms with Crippen molar-refractivity contribution in [1.29, 1.82) is 0 Å². The standard InChI is InChI=1S/C21H32N4O13S/c26-14-9-15(39(35,36)37)20(34)21(14)38-19(33)13-25-7-5-23(11-17(29)30)3-1-22(10-16(27)28)2-4-24(6-8-25)12-18(31)32/h15,21H,1-13H2,(H,27,28)(H,29,30)(H,31,32)(H,35,36,37). The van der Waals surface area contributed by atoms with Crippen LogP contribution in [0.25, 0.3) is 0 Å². The summed E-state index contributed by atoms with van der Waals surface area (Å²) in [5, 5.41) is 25.7. The van der Waals surface area contributed by atoms with Crippen molar-refractivity contribution in [3.8, 4) is 0 Å². The number of ketones is 2. The summed E-state index contributed by atoms with van der Waals surface area (Å²) in [5.41, 5.74) is 0. The van der Waals surface area contributed by atoms with Gasteiger partial charge in [-0.1, -0.05) is 0 Å². The average molecular weight is 581 g/mol. The van der Waals surface area contributed by atoms with Gasteiger partial charge < -0.3 is 20.1 Å². The molecule has 1 heterocycles. The van der Waals surface area contributed by atoms with Gasteiger partial charge in [-0.3, -0.25) is 52.9 Å². The van der Waals surface area contributed by atoms with Gasteiger partial charge >= 0.3 is 23.9 Å². The molecule has 2 rings (SSSR count). The van der Waals surface area contributed by atoms with E-state index in [1.807, 2.05) is 0 Å². The lowest BCUT2D eigenvalue weighted by Gasteiger charge is -2.32. The minimum atomic E-state index is -4.86. The number of hydrogen-bond acceptors (Lipinski definition) is 13. The van der Waals surface area contributed by atoms with Crippen LogP contribution in [0.3, 0.4) is 0 Å². The normalized spacial score (nSPS) is 23.6. The van der Waals surface area contributed by atoms with Crippen molar-refractivity contribution >= 4 is 45.6 Å². The summed E-state index contributed by atoms with van der Waals surface area (Å²) in [7, 11) is -4.86. The van der Waals surface area contributed by atoms with Crippen LogP contribution in [0.4, 0.5) is 0 Å². The number of ether oxygens (including phenoxy) is 1. The van der Waals surface area contributed by atoms with Gasteiger partial charge in [-0.05, 0) is 0 Å². The molecule has 1 saturated carbocycles. The molecule has 220 valence electrons. The number of carbonyl (C=O) groups excluding carboxylic acids is 3. The number of nitrogens with zero attached hydrogens (tertiary/aromatic N) is 4. The van der Waals surface area contributed by atoms with Crippen molar-refractivity contribution < 1.29 is 61.8 Å². The fraction of sp³-hybridized carbons (Fsp3) is 0.714. The topological polar surface area (TPSA) is 240 Å². The summed E-state index contributed by atoms with van der Waals surface area (Å²) in [4.78, 5) is 76.9. The van der Waals surface area contributed by atoms with E-state index in [9.17, 15) is 52.5 Å². The van der Waals surface area contributed by atoms with Gasteiger partial charge in [-0.15, -0.1) is 0 Å². The van der Waals surface area contributed by atoms with Crippen molar-refractivity contribution in [2.75, 3.05) is 78.5 Å². The molecule has 0 amide bonds. The number of rotatable bonds is 10. The van der Waals surface area contributed by atoms with E-state index in [-0.39, 0.29) is 72.0 Å². The molecule has 2 aliphatic rings. The molecule has 1 saturated heterocycles. The Morgan fingerprint density at radius 3 is 1.31 bits per heavy atom. The molecule has 0 spiro atoms. The lowest BCUT2D eigenvalue weighted by atomic mass is 10.3. The first-order valence-corrected chi connectivity index (χ1v) is 13.4. The third-order valence-corrected chi connectivity index (χ3v) is 7.34. The van der Waals surface area contributed by atoms with Crippen LogP contribution >= 0.6 is 0 Å². The molecule has 1 aliphatic carbocycles. The molecule has 0 aromatic carbocycles. The van der Waals surface area contributed by atoms with Gasteiger partial charge in [0.1, 0.15) is 0 Å². The number of esters is 1. The highest BCUT2D eigenvalue weighted by atomic mass is 32.2. The molecular weight excluding hydrogens is 548 g/mol. The Bertz CT molecular complexity index is 1030. The maximum absolute atomic E-state index is 12.6. The molecule has 4 N–H and O–H groups in total. The van der Waals surface area contributed by atoms with Gasteiger partial charge in [-0.25, -0.2) is 0 Å². The van der Waals surface area contributed by atoms with Gasteiger partial charge in [0, 0.05) is 58.8 Å². The number of Topliss-reactive ketones (excluding diaryl/α,β-unsaturated/α-hetero) is 2. The SMILES string of the molecule is O=C(O)CN1CCN(CC(=O)O)CCN(CC(=O)OC2C(=O)CC(S(=O)(=O)O)C2=O)CCN(CC(=O)O)CC1. The van der Waals surface area contributed by atoms with E-state index in [0.717, 1.165) is 0 Å². The monoisotopic (exact) mass is 580 g/mol. The van der Waals surface area contributed by atoms with Crippen LogP contribution in [-0.2, 0) is 43.6 Å². The average Bonchev–Trinajstić information content (AvgIpc) is 3.08. The van der Waals surface area contributed by atoms with Crippen molar-refractivity contribution in [1.82, 2.24) is 19.6 Å². The number of carboxylic acid groups (broad SMARTS) is 3. The first-order chi connectivity index (χ1) is 18.1. The Kier molecular flexibility index (Phi) is 11.9. The molecule has 18 heteroatoms. The maximum Gasteiger partial charge on any atom is 0.321 e. The Hall–Kier alpha value is -3.03. The highest BCUT2D eigenvalue weighted by Gasteiger charge is 2.49. The molecule has 17 nitrogen and oxygen atoms in total. The van der Waals surface area contributed by atoms with Crippen molar-refractivity contribution in [2.24, 2.45) is 0 Å². The molecule has 0 radical (unpaired) electrons. The second kappa shape index (κ2) is 14.4. The summed E-state index contributed by atoms with van der Waals surface area (Å²) in [6.45, 7) is -0.442. The van der Waals surface area contributed by atoms with Gasteiger partial charge in [-0.2, -0.15) is 8.42 Å². The van der Waals surface area contributed by atoms with Crippen molar-refractivity contribution in [3.05, 3.63) is 0 Å². The molecule has 2 atom stereocenters. The number of aliphatic carboxylic acids is 3. The molecule has 0 aromatic rings. The Labute approximate surface area is 223 Å². The largest absolute Gasteiger partial charge is 0.480 e. The summed E-state index contributed by atoms with van der Waals surface area (Å²) in [5.74, 6) is -6.63. The minimum absolute atomic E-state index is 0.0857. The van der Waals surface area contributed by atoms with Crippen LogP contribution in [0, 0.1) is 0 Å². The van der Waals surface area contributed by atoms with Crippen molar-refractivity contribution in [2.45, 2.75) is 17.8 Å². The van der Waals surface area contributed by atoms with Crippen LogP contribution < -0.4 is 0 Å². The Morgan fingerprint density at radius 2 is 1.03 bits per heavy atom. The smallest absolute Gasteiger partial charge is 0.321 e.